The Morgan fingerprint density at radius 1 is 1.29 bits per heavy atom. The van der Waals surface area contributed by atoms with Crippen molar-refractivity contribution in [3.8, 4) is 0 Å². The Kier molecular flexibility index (Phi) is 8.34. The lowest BCUT2D eigenvalue weighted by atomic mass is 9.94. The number of carbonyl (C=O) groups is 2. The second-order valence-corrected chi connectivity index (χ2v) is 6.47. The highest BCUT2D eigenvalue weighted by molar-refractivity contribution is 5.79. The van der Waals surface area contributed by atoms with E-state index in [1.165, 1.54) is 0 Å². The first kappa shape index (κ1) is 23.8. The zero-order valence-electron chi connectivity index (χ0n) is 15.5. The van der Waals surface area contributed by atoms with Crippen LogP contribution in [0.15, 0.2) is 30.3 Å². The minimum absolute atomic E-state index is 0.0748. The van der Waals surface area contributed by atoms with Crippen LogP contribution in [0.2, 0.25) is 0 Å². The summed E-state index contributed by atoms with van der Waals surface area (Å²) in [6.45, 7) is 1.98. The second-order valence-electron chi connectivity index (χ2n) is 6.47. The van der Waals surface area contributed by atoms with Crippen LogP contribution in [0.4, 0.5) is 22.0 Å². The van der Waals surface area contributed by atoms with Crippen molar-refractivity contribution in [3.63, 3.8) is 0 Å². The summed E-state index contributed by atoms with van der Waals surface area (Å²) in [7, 11) is 1.70. The van der Waals surface area contributed by atoms with E-state index in [9.17, 15) is 26.7 Å². The summed E-state index contributed by atoms with van der Waals surface area (Å²) in [6.07, 6.45) is -4.70. The number of alkyl halides is 5. The third-order valence-electron chi connectivity index (χ3n) is 4.30. The predicted molar refractivity (Wildman–Crippen MR) is 91.9 cm³/mol. The van der Waals surface area contributed by atoms with Gasteiger partial charge in [0.25, 0.3) is 5.92 Å². The van der Waals surface area contributed by atoms with E-state index in [2.05, 4.69) is 5.32 Å². The van der Waals surface area contributed by atoms with Crippen LogP contribution in [-0.4, -0.2) is 54.1 Å². The molecule has 0 saturated carbocycles. The van der Waals surface area contributed by atoms with Crippen molar-refractivity contribution in [2.45, 2.75) is 37.9 Å². The van der Waals surface area contributed by atoms with Gasteiger partial charge in [0, 0.05) is 20.0 Å². The first-order chi connectivity index (χ1) is 12.9. The maximum atomic E-state index is 13.5. The fraction of sp³-hybridized carbons (Fsp3) is 0.556. The van der Waals surface area contributed by atoms with E-state index >= 15 is 0 Å². The van der Waals surface area contributed by atoms with Gasteiger partial charge in [0.1, 0.15) is 0 Å². The molecule has 1 heterocycles. The minimum atomic E-state index is -5.08. The van der Waals surface area contributed by atoms with Crippen LogP contribution in [0, 0.1) is 5.92 Å². The highest BCUT2D eigenvalue weighted by Gasteiger charge is 2.41. The molecule has 1 aliphatic heterocycles. The molecule has 0 aliphatic carbocycles. The van der Waals surface area contributed by atoms with E-state index in [-0.39, 0.29) is 24.9 Å². The van der Waals surface area contributed by atoms with Crippen LogP contribution in [0.25, 0.3) is 0 Å². The Morgan fingerprint density at radius 3 is 2.25 bits per heavy atom. The quantitative estimate of drug-likeness (QED) is 0.746. The number of nitrogens with one attached hydrogen (secondary N) is 1. The summed E-state index contributed by atoms with van der Waals surface area (Å²) >= 11 is 0. The molecule has 5 nitrogen and oxygen atoms in total. The number of nitrogens with zero attached hydrogens (tertiary/aromatic N) is 1. The Hall–Kier alpha value is -2.23. The number of hydrogen-bond donors (Lipinski definition) is 2. The molecular weight excluding hydrogens is 387 g/mol. The molecule has 10 heteroatoms. The molecule has 0 bridgehead atoms. The zero-order chi connectivity index (χ0) is 21.5. The van der Waals surface area contributed by atoms with Gasteiger partial charge in [-0.3, -0.25) is 4.79 Å². The molecule has 0 radical (unpaired) electrons. The summed E-state index contributed by atoms with van der Waals surface area (Å²) in [6, 6.07) is 9.62. The van der Waals surface area contributed by atoms with Gasteiger partial charge in [0.2, 0.25) is 5.91 Å². The van der Waals surface area contributed by atoms with Crippen LogP contribution in [0.1, 0.15) is 31.4 Å². The van der Waals surface area contributed by atoms with Gasteiger partial charge >= 0.3 is 12.1 Å². The number of rotatable bonds is 4. The Balaban J connectivity index is 0.000000480. The number of amides is 1. The number of halogens is 5. The minimum Gasteiger partial charge on any atom is -0.475 e. The van der Waals surface area contributed by atoms with Crippen molar-refractivity contribution in [1.29, 1.82) is 0 Å². The van der Waals surface area contributed by atoms with Gasteiger partial charge in [-0.1, -0.05) is 37.3 Å². The van der Waals surface area contributed by atoms with E-state index in [1.54, 1.807) is 11.9 Å². The van der Waals surface area contributed by atoms with E-state index in [0.717, 1.165) is 12.0 Å². The number of hydrogen-bond acceptors (Lipinski definition) is 3. The molecule has 1 aromatic rings. The van der Waals surface area contributed by atoms with E-state index in [0.29, 0.717) is 6.54 Å². The maximum absolute atomic E-state index is 13.5. The number of carbonyl (C=O) groups excluding carboxylic acids is 1. The molecule has 1 aliphatic rings. The highest BCUT2D eigenvalue weighted by atomic mass is 19.4. The van der Waals surface area contributed by atoms with E-state index in [1.807, 2.05) is 37.3 Å². The molecule has 1 fully saturated rings. The second kappa shape index (κ2) is 9.81. The number of piperidine rings is 1. The summed E-state index contributed by atoms with van der Waals surface area (Å²) in [4.78, 5) is 23.0. The molecule has 2 atom stereocenters. The topological polar surface area (TPSA) is 69.6 Å². The zero-order valence-corrected chi connectivity index (χ0v) is 15.5. The number of benzene rings is 1. The largest absolute Gasteiger partial charge is 0.490 e. The van der Waals surface area contributed by atoms with E-state index in [4.69, 9.17) is 9.90 Å². The lowest BCUT2D eigenvalue weighted by molar-refractivity contribution is -0.192. The van der Waals surface area contributed by atoms with Crippen LogP contribution >= 0.6 is 0 Å². The highest BCUT2D eigenvalue weighted by Crippen LogP contribution is 2.30. The molecule has 0 aromatic heterocycles. The fourth-order valence-electron chi connectivity index (χ4n) is 2.96. The van der Waals surface area contributed by atoms with Gasteiger partial charge in [0.15, 0.2) is 0 Å². The van der Waals surface area contributed by atoms with Crippen LogP contribution < -0.4 is 5.32 Å². The molecule has 158 valence electrons. The number of carboxylic acid groups (broad SMARTS) is 1. The monoisotopic (exact) mass is 410 g/mol. The van der Waals surface area contributed by atoms with E-state index < -0.39 is 24.0 Å². The lowest BCUT2D eigenvalue weighted by Crippen LogP contribution is -2.49. The van der Waals surface area contributed by atoms with Crippen molar-refractivity contribution in [1.82, 2.24) is 10.2 Å². The first-order valence-corrected chi connectivity index (χ1v) is 8.59. The van der Waals surface area contributed by atoms with Crippen LogP contribution in [0.3, 0.4) is 0 Å². The normalized spacial score (nSPS) is 19.8. The third-order valence-corrected chi connectivity index (χ3v) is 4.30. The molecule has 2 unspecified atom stereocenters. The number of carboxylic acids is 1. The molecule has 28 heavy (non-hydrogen) atoms. The molecular formula is C18H23F5N2O3. The maximum Gasteiger partial charge on any atom is 0.490 e. The Labute approximate surface area is 159 Å². The van der Waals surface area contributed by atoms with Crippen molar-refractivity contribution in [2.24, 2.45) is 5.92 Å². The molecule has 1 saturated heterocycles. The fourth-order valence-corrected chi connectivity index (χ4v) is 2.96. The van der Waals surface area contributed by atoms with Crippen LogP contribution in [-0.2, 0) is 9.59 Å². The molecule has 1 aromatic carbocycles. The predicted octanol–water partition coefficient (Wildman–Crippen LogP) is 3.47. The summed E-state index contributed by atoms with van der Waals surface area (Å²) in [5.74, 6) is -6.42. The standard InChI is InChI=1S/C16H22F2N2O.C2HF3O2/c1-3-14(12-7-5-4-6-8-12)20(2)15(21)13-9-16(17,18)11-19-10-13;3-2(4,5)1(6)7/h4-8,13-14,19H,3,9-11H2,1-2H3;(H,6,7). The van der Waals surface area contributed by atoms with Crippen molar-refractivity contribution in [2.75, 3.05) is 20.1 Å². The average molecular weight is 410 g/mol. The Morgan fingerprint density at radius 2 is 1.82 bits per heavy atom. The molecule has 1 amide bonds. The van der Waals surface area contributed by atoms with Gasteiger partial charge in [0.05, 0.1) is 18.5 Å². The van der Waals surface area contributed by atoms with Crippen molar-refractivity contribution in [3.05, 3.63) is 35.9 Å². The van der Waals surface area contributed by atoms with Gasteiger partial charge in [-0.05, 0) is 12.0 Å². The Bertz CT molecular complexity index is 652. The summed E-state index contributed by atoms with van der Waals surface area (Å²) in [5.41, 5.74) is 1.03. The first-order valence-electron chi connectivity index (χ1n) is 8.59. The third kappa shape index (κ3) is 7.06. The molecule has 2 N–H and O–H groups in total. The number of aliphatic carboxylic acids is 1. The SMILES string of the molecule is CCC(c1ccccc1)N(C)C(=O)C1CNCC(F)(F)C1.O=C(O)C(F)(F)F. The summed E-state index contributed by atoms with van der Waals surface area (Å²) in [5, 5.41) is 9.79. The summed E-state index contributed by atoms with van der Waals surface area (Å²) < 4.78 is 58.6. The van der Waals surface area contributed by atoms with Gasteiger partial charge in [-0.15, -0.1) is 0 Å². The molecule has 2 rings (SSSR count). The van der Waals surface area contributed by atoms with Gasteiger partial charge < -0.3 is 15.3 Å². The smallest absolute Gasteiger partial charge is 0.475 e. The van der Waals surface area contributed by atoms with Crippen molar-refractivity contribution < 1.29 is 36.6 Å². The lowest BCUT2D eigenvalue weighted by Gasteiger charge is -2.35. The van der Waals surface area contributed by atoms with Gasteiger partial charge in [-0.2, -0.15) is 13.2 Å². The molecule has 0 spiro atoms. The average Bonchev–Trinajstić information content (AvgIpc) is 2.61. The van der Waals surface area contributed by atoms with Crippen LogP contribution in [0.5, 0.6) is 0 Å². The van der Waals surface area contributed by atoms with Gasteiger partial charge in [-0.25, -0.2) is 13.6 Å². The van der Waals surface area contributed by atoms with Crippen molar-refractivity contribution >= 4 is 11.9 Å².